The minimum atomic E-state index is -0.387. The number of carbonyl (C=O) groups excluding carboxylic acids is 1. The van der Waals surface area contributed by atoms with Crippen LogP contribution in [0.5, 0.6) is 5.75 Å². The molecule has 0 fully saturated rings. The number of ether oxygens (including phenoxy) is 1. The van der Waals surface area contributed by atoms with E-state index >= 15 is 0 Å². The number of hydrogen-bond acceptors (Lipinski definition) is 5. The van der Waals surface area contributed by atoms with E-state index in [1.807, 2.05) is 19.2 Å². The van der Waals surface area contributed by atoms with E-state index in [-0.39, 0.29) is 11.6 Å². The van der Waals surface area contributed by atoms with Gasteiger partial charge in [-0.05, 0) is 24.3 Å². The van der Waals surface area contributed by atoms with Crippen molar-refractivity contribution in [3.05, 3.63) is 47.4 Å². The first-order valence-corrected chi connectivity index (χ1v) is 8.33. The molecule has 0 saturated carbocycles. The molecule has 0 unspecified atom stereocenters. The number of nitrogens with zero attached hydrogens (tertiary/aromatic N) is 4. The van der Waals surface area contributed by atoms with Crippen molar-refractivity contribution in [2.75, 3.05) is 18.5 Å². The van der Waals surface area contributed by atoms with Gasteiger partial charge in [0.25, 0.3) is 5.91 Å². The van der Waals surface area contributed by atoms with E-state index in [4.69, 9.17) is 22.1 Å². The number of aromatic nitrogens is 4. The standard InChI is InChI=1S/C17H19ClN6O2/c1-23-10-13(18)16(22-23)17(25)21-11-3-4-15(26-8-6-19)12(9-11)14-5-7-20-24(14)2/h3-5,7,9-10H,6,8,19H2,1-2H3,(H,21,25). The van der Waals surface area contributed by atoms with Gasteiger partial charge in [0.1, 0.15) is 12.4 Å². The predicted molar refractivity (Wildman–Crippen MR) is 99.4 cm³/mol. The number of anilines is 1. The molecule has 3 aromatic rings. The van der Waals surface area contributed by atoms with Crippen LogP contribution in [-0.4, -0.2) is 38.6 Å². The summed E-state index contributed by atoms with van der Waals surface area (Å²) in [6.07, 6.45) is 3.27. The third kappa shape index (κ3) is 3.71. The van der Waals surface area contributed by atoms with Gasteiger partial charge in [-0.3, -0.25) is 14.2 Å². The van der Waals surface area contributed by atoms with Crippen molar-refractivity contribution in [3.63, 3.8) is 0 Å². The minimum Gasteiger partial charge on any atom is -0.492 e. The second-order valence-corrected chi connectivity index (χ2v) is 6.05. The monoisotopic (exact) mass is 374 g/mol. The highest BCUT2D eigenvalue weighted by molar-refractivity contribution is 6.34. The molecule has 0 aliphatic carbocycles. The molecule has 2 aromatic heterocycles. The second kappa shape index (κ2) is 7.59. The quantitative estimate of drug-likeness (QED) is 0.688. The maximum absolute atomic E-state index is 12.4. The normalized spacial score (nSPS) is 10.8. The van der Waals surface area contributed by atoms with Gasteiger partial charge in [0.2, 0.25) is 0 Å². The molecule has 0 bridgehead atoms. The summed E-state index contributed by atoms with van der Waals surface area (Å²) in [5.41, 5.74) is 7.93. The molecule has 8 nitrogen and oxygen atoms in total. The fourth-order valence-electron chi connectivity index (χ4n) is 2.54. The largest absolute Gasteiger partial charge is 0.492 e. The molecule has 26 heavy (non-hydrogen) atoms. The summed E-state index contributed by atoms with van der Waals surface area (Å²) >= 11 is 6.03. The molecular weight excluding hydrogens is 356 g/mol. The van der Waals surface area contributed by atoms with E-state index < -0.39 is 0 Å². The summed E-state index contributed by atoms with van der Waals surface area (Å²) in [6.45, 7) is 0.793. The van der Waals surface area contributed by atoms with Gasteiger partial charge in [-0.15, -0.1) is 0 Å². The third-order valence-electron chi connectivity index (χ3n) is 3.71. The smallest absolute Gasteiger partial charge is 0.277 e. The van der Waals surface area contributed by atoms with Crippen LogP contribution in [0.25, 0.3) is 11.3 Å². The van der Waals surface area contributed by atoms with Crippen LogP contribution in [0.15, 0.2) is 36.7 Å². The maximum Gasteiger partial charge on any atom is 0.277 e. The number of amides is 1. The van der Waals surface area contributed by atoms with Gasteiger partial charge in [-0.1, -0.05) is 11.6 Å². The molecule has 0 spiro atoms. The molecule has 3 rings (SSSR count). The van der Waals surface area contributed by atoms with Crippen LogP contribution in [0.3, 0.4) is 0 Å². The van der Waals surface area contributed by atoms with Gasteiger partial charge < -0.3 is 15.8 Å². The molecule has 0 aliphatic heterocycles. The van der Waals surface area contributed by atoms with Crippen molar-refractivity contribution in [2.45, 2.75) is 0 Å². The van der Waals surface area contributed by atoms with Crippen LogP contribution in [0.1, 0.15) is 10.5 Å². The van der Waals surface area contributed by atoms with E-state index in [0.29, 0.717) is 29.6 Å². The number of carbonyl (C=O) groups is 1. The van der Waals surface area contributed by atoms with Crippen LogP contribution < -0.4 is 15.8 Å². The van der Waals surface area contributed by atoms with Crippen LogP contribution >= 0.6 is 11.6 Å². The summed E-state index contributed by atoms with van der Waals surface area (Å²) in [5, 5.41) is 11.4. The molecule has 0 atom stereocenters. The molecule has 0 radical (unpaired) electrons. The van der Waals surface area contributed by atoms with Crippen molar-refractivity contribution in [1.82, 2.24) is 19.6 Å². The van der Waals surface area contributed by atoms with Gasteiger partial charge in [0.05, 0.1) is 10.7 Å². The van der Waals surface area contributed by atoms with E-state index in [0.717, 1.165) is 11.3 Å². The maximum atomic E-state index is 12.4. The highest BCUT2D eigenvalue weighted by atomic mass is 35.5. The van der Waals surface area contributed by atoms with Crippen molar-refractivity contribution in [1.29, 1.82) is 0 Å². The Kier molecular flexibility index (Phi) is 5.24. The first-order chi connectivity index (χ1) is 12.5. The highest BCUT2D eigenvalue weighted by Gasteiger charge is 2.17. The van der Waals surface area contributed by atoms with Crippen molar-refractivity contribution < 1.29 is 9.53 Å². The molecule has 0 saturated heterocycles. The fraction of sp³-hybridized carbons (Fsp3) is 0.235. The zero-order valence-electron chi connectivity index (χ0n) is 14.4. The Labute approximate surface area is 155 Å². The molecular formula is C17H19ClN6O2. The Morgan fingerprint density at radius 3 is 2.77 bits per heavy atom. The second-order valence-electron chi connectivity index (χ2n) is 5.64. The average Bonchev–Trinajstić information content (AvgIpc) is 3.18. The minimum absolute atomic E-state index is 0.166. The molecule has 2 heterocycles. The Morgan fingerprint density at radius 2 is 2.15 bits per heavy atom. The van der Waals surface area contributed by atoms with E-state index in [9.17, 15) is 4.79 Å². The van der Waals surface area contributed by atoms with E-state index in [2.05, 4.69) is 15.5 Å². The van der Waals surface area contributed by atoms with E-state index in [1.54, 1.807) is 36.3 Å². The predicted octanol–water partition coefficient (Wildman–Crippen LogP) is 2.06. The molecule has 0 aliphatic rings. The van der Waals surface area contributed by atoms with Gasteiger partial charge in [-0.2, -0.15) is 10.2 Å². The lowest BCUT2D eigenvalue weighted by Crippen LogP contribution is -2.14. The molecule has 136 valence electrons. The SMILES string of the molecule is Cn1cc(Cl)c(C(=O)Nc2ccc(OCCN)c(-c3ccnn3C)c2)n1. The molecule has 3 N–H and O–H groups in total. The summed E-state index contributed by atoms with van der Waals surface area (Å²) in [7, 11) is 3.54. The third-order valence-corrected chi connectivity index (χ3v) is 3.99. The molecule has 1 amide bonds. The first kappa shape index (κ1) is 18.0. The van der Waals surface area contributed by atoms with Gasteiger partial charge >= 0.3 is 0 Å². The number of rotatable bonds is 6. The average molecular weight is 375 g/mol. The number of nitrogens with two attached hydrogens (primary N) is 1. The summed E-state index contributed by atoms with van der Waals surface area (Å²) in [5.74, 6) is 0.273. The highest BCUT2D eigenvalue weighted by Crippen LogP contribution is 2.32. The lowest BCUT2D eigenvalue weighted by atomic mass is 10.1. The number of aryl methyl sites for hydroxylation is 2. The van der Waals surface area contributed by atoms with Gasteiger partial charge in [0, 0.05) is 44.3 Å². The first-order valence-electron chi connectivity index (χ1n) is 7.95. The summed E-state index contributed by atoms with van der Waals surface area (Å²) in [4.78, 5) is 12.4. The Balaban J connectivity index is 1.92. The Hall–Kier alpha value is -2.84. The molecule has 9 heteroatoms. The summed E-state index contributed by atoms with van der Waals surface area (Å²) < 4.78 is 8.93. The zero-order valence-corrected chi connectivity index (χ0v) is 15.2. The fourth-order valence-corrected chi connectivity index (χ4v) is 2.81. The lowest BCUT2D eigenvalue weighted by molar-refractivity contribution is 0.102. The summed E-state index contributed by atoms with van der Waals surface area (Å²) in [6, 6.07) is 7.22. The lowest BCUT2D eigenvalue weighted by Gasteiger charge is -2.13. The van der Waals surface area contributed by atoms with Crippen LogP contribution in [0, 0.1) is 0 Å². The number of nitrogens with one attached hydrogen (secondary N) is 1. The van der Waals surface area contributed by atoms with Gasteiger partial charge in [0.15, 0.2) is 5.69 Å². The van der Waals surface area contributed by atoms with Crippen LogP contribution in [0.4, 0.5) is 5.69 Å². The zero-order chi connectivity index (χ0) is 18.7. The van der Waals surface area contributed by atoms with Crippen LogP contribution in [-0.2, 0) is 14.1 Å². The van der Waals surface area contributed by atoms with Crippen molar-refractivity contribution >= 4 is 23.2 Å². The van der Waals surface area contributed by atoms with E-state index in [1.165, 1.54) is 4.68 Å². The van der Waals surface area contributed by atoms with Gasteiger partial charge in [-0.25, -0.2) is 0 Å². The van der Waals surface area contributed by atoms with Crippen molar-refractivity contribution in [2.24, 2.45) is 19.8 Å². The van der Waals surface area contributed by atoms with Crippen molar-refractivity contribution in [3.8, 4) is 17.0 Å². The number of halogens is 1. The Bertz CT molecular complexity index is 933. The number of benzene rings is 1. The van der Waals surface area contributed by atoms with Crippen LogP contribution in [0.2, 0.25) is 5.02 Å². The Morgan fingerprint density at radius 1 is 1.35 bits per heavy atom. The molecule has 1 aromatic carbocycles. The topological polar surface area (TPSA) is 100.0 Å². The number of hydrogen-bond donors (Lipinski definition) is 2.